The van der Waals surface area contributed by atoms with Crippen LogP contribution in [-0.2, 0) is 5.41 Å². The first kappa shape index (κ1) is 9.84. The Kier molecular flexibility index (Phi) is 2.22. The van der Waals surface area contributed by atoms with Crippen molar-refractivity contribution in [1.82, 2.24) is 9.97 Å². The average Bonchev–Trinajstić information content (AvgIpc) is 2.83. The van der Waals surface area contributed by atoms with E-state index in [0.717, 1.165) is 10.5 Å². The number of hydrogen-bond acceptors (Lipinski definition) is 2. The smallest absolute Gasteiger partial charge is 0.130 e. The van der Waals surface area contributed by atoms with Crippen LogP contribution in [0, 0.1) is 4.64 Å². The van der Waals surface area contributed by atoms with E-state index in [9.17, 15) is 0 Å². The first-order chi connectivity index (χ1) is 6.47. The van der Waals surface area contributed by atoms with Crippen molar-refractivity contribution in [1.29, 1.82) is 0 Å². The van der Waals surface area contributed by atoms with E-state index in [4.69, 9.17) is 12.2 Å². The Morgan fingerprint density at radius 3 is 2.57 bits per heavy atom. The molecule has 0 atom stereocenters. The topological polar surface area (TPSA) is 28.7 Å². The highest BCUT2D eigenvalue weighted by molar-refractivity contribution is 7.71. The van der Waals surface area contributed by atoms with Gasteiger partial charge in [0, 0.05) is 17.0 Å². The average molecular weight is 208 g/mol. The van der Waals surface area contributed by atoms with Crippen LogP contribution in [0.2, 0.25) is 0 Å². The number of aromatic amines is 1. The van der Waals surface area contributed by atoms with E-state index in [0.29, 0.717) is 5.92 Å². The summed E-state index contributed by atoms with van der Waals surface area (Å²) >= 11 is 5.17. The van der Waals surface area contributed by atoms with Crippen molar-refractivity contribution in [2.45, 2.75) is 44.9 Å². The third-order valence-corrected chi connectivity index (χ3v) is 2.74. The molecule has 1 fully saturated rings. The van der Waals surface area contributed by atoms with Gasteiger partial charge in [-0.25, -0.2) is 4.98 Å². The van der Waals surface area contributed by atoms with Gasteiger partial charge in [0.15, 0.2) is 0 Å². The predicted molar refractivity (Wildman–Crippen MR) is 60.1 cm³/mol. The van der Waals surface area contributed by atoms with E-state index in [-0.39, 0.29) is 5.41 Å². The number of hydrogen-bond donors (Lipinski definition) is 1. The Balaban J connectivity index is 2.46. The molecule has 1 saturated carbocycles. The molecular formula is C11H16N2S. The summed E-state index contributed by atoms with van der Waals surface area (Å²) in [7, 11) is 0. The minimum atomic E-state index is 0.125. The van der Waals surface area contributed by atoms with Crippen molar-refractivity contribution < 1.29 is 0 Å². The predicted octanol–water partition coefficient (Wildman–Crippen LogP) is 3.31. The van der Waals surface area contributed by atoms with Crippen molar-refractivity contribution in [3.63, 3.8) is 0 Å². The molecule has 0 spiro atoms. The van der Waals surface area contributed by atoms with Gasteiger partial charge < -0.3 is 4.98 Å². The molecule has 0 radical (unpaired) electrons. The van der Waals surface area contributed by atoms with E-state index < -0.39 is 0 Å². The first-order valence-electron chi connectivity index (χ1n) is 5.08. The molecule has 0 aromatic carbocycles. The third kappa shape index (κ3) is 2.03. The first-order valence-corrected chi connectivity index (χ1v) is 5.49. The van der Waals surface area contributed by atoms with Gasteiger partial charge in [0.25, 0.3) is 0 Å². The summed E-state index contributed by atoms with van der Waals surface area (Å²) in [6, 6.07) is 1.97. The molecule has 3 heteroatoms. The van der Waals surface area contributed by atoms with Crippen LogP contribution in [0.1, 0.15) is 51.0 Å². The zero-order valence-corrected chi connectivity index (χ0v) is 9.74. The maximum absolute atomic E-state index is 5.17. The monoisotopic (exact) mass is 208 g/mol. The van der Waals surface area contributed by atoms with Crippen molar-refractivity contribution in [2.75, 3.05) is 0 Å². The van der Waals surface area contributed by atoms with Crippen LogP contribution in [0.3, 0.4) is 0 Å². The highest BCUT2D eigenvalue weighted by Gasteiger charge is 2.27. The van der Waals surface area contributed by atoms with E-state index in [1.165, 1.54) is 18.5 Å². The molecule has 0 bridgehead atoms. The van der Waals surface area contributed by atoms with Crippen LogP contribution in [-0.4, -0.2) is 9.97 Å². The highest BCUT2D eigenvalue weighted by Crippen LogP contribution is 2.38. The molecule has 1 N–H and O–H groups in total. The van der Waals surface area contributed by atoms with Crippen molar-refractivity contribution in [3.05, 3.63) is 22.2 Å². The second kappa shape index (κ2) is 3.16. The lowest BCUT2D eigenvalue weighted by Gasteiger charge is -2.19. The molecule has 1 heterocycles. The van der Waals surface area contributed by atoms with Gasteiger partial charge in [-0.3, -0.25) is 0 Å². The van der Waals surface area contributed by atoms with Gasteiger partial charge in [0.2, 0.25) is 0 Å². The summed E-state index contributed by atoms with van der Waals surface area (Å²) in [5.74, 6) is 1.72. The van der Waals surface area contributed by atoms with Crippen LogP contribution in [0.4, 0.5) is 0 Å². The molecule has 2 rings (SSSR count). The summed E-state index contributed by atoms with van der Waals surface area (Å²) in [6.07, 6.45) is 2.51. The van der Waals surface area contributed by atoms with E-state index in [1.807, 2.05) is 6.07 Å². The number of nitrogens with zero attached hydrogens (tertiary/aromatic N) is 1. The highest BCUT2D eigenvalue weighted by atomic mass is 32.1. The fourth-order valence-corrected chi connectivity index (χ4v) is 1.65. The van der Waals surface area contributed by atoms with Crippen LogP contribution in [0.25, 0.3) is 0 Å². The molecule has 0 unspecified atom stereocenters. The van der Waals surface area contributed by atoms with E-state index in [1.54, 1.807) is 0 Å². The lowest BCUT2D eigenvalue weighted by Crippen LogP contribution is -2.15. The van der Waals surface area contributed by atoms with Crippen LogP contribution in [0.15, 0.2) is 6.07 Å². The lowest BCUT2D eigenvalue weighted by atomic mass is 9.92. The van der Waals surface area contributed by atoms with Gasteiger partial charge in [0.05, 0.1) is 0 Å². The number of rotatable bonds is 1. The standard InChI is InChI=1S/C11H16N2S/c1-11(2,3)8-6-9(14)13-10(12-8)7-4-5-7/h6-7H,4-5H2,1-3H3,(H,12,13,14). The third-order valence-electron chi connectivity index (χ3n) is 2.53. The molecule has 2 nitrogen and oxygen atoms in total. The summed E-state index contributed by atoms with van der Waals surface area (Å²) in [5, 5.41) is 0. The van der Waals surface area contributed by atoms with E-state index >= 15 is 0 Å². The molecule has 0 saturated heterocycles. The Bertz CT molecular complexity index is 396. The quantitative estimate of drug-likeness (QED) is 0.717. The lowest BCUT2D eigenvalue weighted by molar-refractivity contribution is 0.561. The Labute approximate surface area is 89.8 Å². The van der Waals surface area contributed by atoms with Crippen molar-refractivity contribution >= 4 is 12.2 Å². The molecule has 14 heavy (non-hydrogen) atoms. The fraction of sp³-hybridized carbons (Fsp3) is 0.636. The fourth-order valence-electron chi connectivity index (χ4n) is 1.43. The zero-order chi connectivity index (χ0) is 10.3. The number of nitrogens with one attached hydrogen (secondary N) is 1. The minimum Gasteiger partial charge on any atom is -0.346 e. The number of H-pyrrole nitrogens is 1. The van der Waals surface area contributed by atoms with Gasteiger partial charge in [-0.05, 0) is 18.9 Å². The van der Waals surface area contributed by atoms with Crippen molar-refractivity contribution in [3.8, 4) is 0 Å². The molecule has 1 aliphatic rings. The van der Waals surface area contributed by atoms with Crippen LogP contribution in [0.5, 0.6) is 0 Å². The van der Waals surface area contributed by atoms with Gasteiger partial charge in [-0.1, -0.05) is 33.0 Å². The molecule has 1 aromatic rings. The molecule has 0 aliphatic heterocycles. The van der Waals surface area contributed by atoms with Crippen LogP contribution >= 0.6 is 12.2 Å². The Morgan fingerprint density at radius 2 is 2.07 bits per heavy atom. The van der Waals surface area contributed by atoms with E-state index in [2.05, 4.69) is 30.7 Å². The van der Waals surface area contributed by atoms with Gasteiger partial charge in [0.1, 0.15) is 10.5 Å². The molecule has 0 amide bonds. The largest absolute Gasteiger partial charge is 0.346 e. The van der Waals surface area contributed by atoms with Gasteiger partial charge in [-0.2, -0.15) is 0 Å². The SMILES string of the molecule is CC(C)(C)c1cc(=S)nc(C2CC2)[nH]1. The summed E-state index contributed by atoms with van der Waals surface area (Å²) in [6.45, 7) is 6.55. The zero-order valence-electron chi connectivity index (χ0n) is 8.92. The Morgan fingerprint density at radius 1 is 1.43 bits per heavy atom. The van der Waals surface area contributed by atoms with Gasteiger partial charge >= 0.3 is 0 Å². The molecule has 76 valence electrons. The maximum atomic E-state index is 5.17. The Hall–Kier alpha value is -0.700. The summed E-state index contributed by atoms with van der Waals surface area (Å²) in [4.78, 5) is 7.78. The molecule has 1 aromatic heterocycles. The summed E-state index contributed by atoms with van der Waals surface area (Å²) < 4.78 is 0.718. The molecule has 1 aliphatic carbocycles. The van der Waals surface area contributed by atoms with Crippen LogP contribution < -0.4 is 0 Å². The van der Waals surface area contributed by atoms with Crippen molar-refractivity contribution in [2.24, 2.45) is 0 Å². The second-order valence-electron chi connectivity index (χ2n) is 5.04. The normalized spacial score (nSPS) is 17.1. The number of aromatic nitrogens is 2. The summed E-state index contributed by atoms with van der Waals surface area (Å²) in [5.41, 5.74) is 1.32. The minimum absolute atomic E-state index is 0.125. The molecular weight excluding hydrogens is 192 g/mol. The van der Waals surface area contributed by atoms with Gasteiger partial charge in [-0.15, -0.1) is 0 Å². The maximum Gasteiger partial charge on any atom is 0.130 e. The second-order valence-corrected chi connectivity index (χ2v) is 5.46.